The van der Waals surface area contributed by atoms with Crippen molar-refractivity contribution in [1.82, 2.24) is 0 Å². The lowest BCUT2D eigenvalue weighted by atomic mass is 9.81. The van der Waals surface area contributed by atoms with Gasteiger partial charge in [0, 0.05) is 21.0 Å². The molecule has 1 aliphatic rings. The number of halogens is 1. The Morgan fingerprint density at radius 3 is 2.50 bits per heavy atom. The Morgan fingerprint density at radius 1 is 1.33 bits per heavy atom. The number of ether oxygens (including phenoxy) is 1. The molecule has 1 aromatic rings. The predicted octanol–water partition coefficient (Wildman–Crippen LogP) is 4.20. The van der Waals surface area contributed by atoms with Crippen LogP contribution in [0.5, 0.6) is 5.75 Å². The van der Waals surface area contributed by atoms with Crippen molar-refractivity contribution in [2.24, 2.45) is 5.41 Å². The second kappa shape index (κ2) is 4.24. The predicted molar refractivity (Wildman–Crippen MR) is 77.1 cm³/mol. The van der Waals surface area contributed by atoms with Crippen LogP contribution >= 0.6 is 15.9 Å². The molecule has 1 atom stereocenters. The Bertz CT molecular complexity index is 472. The van der Waals surface area contributed by atoms with E-state index >= 15 is 0 Å². The largest absolute Gasteiger partial charge is 0.492 e. The van der Waals surface area contributed by atoms with Crippen molar-refractivity contribution in [2.75, 3.05) is 6.61 Å². The van der Waals surface area contributed by atoms with Crippen LogP contribution in [-0.2, 0) is 5.41 Å². The van der Waals surface area contributed by atoms with Crippen molar-refractivity contribution < 1.29 is 9.84 Å². The minimum atomic E-state index is -0.530. The molecule has 100 valence electrons. The summed E-state index contributed by atoms with van der Waals surface area (Å²) in [5.74, 6) is 0.866. The maximum absolute atomic E-state index is 10.5. The molecule has 0 bridgehead atoms. The second-order valence-electron chi connectivity index (χ2n) is 6.81. The van der Waals surface area contributed by atoms with E-state index in [1.807, 2.05) is 26.8 Å². The summed E-state index contributed by atoms with van der Waals surface area (Å²) in [6.07, 6.45) is -0.530. The molecule has 1 heterocycles. The van der Waals surface area contributed by atoms with Crippen LogP contribution in [0.15, 0.2) is 16.6 Å². The first-order valence-electron chi connectivity index (χ1n) is 6.28. The lowest BCUT2D eigenvalue weighted by molar-refractivity contribution is 0.0601. The van der Waals surface area contributed by atoms with Gasteiger partial charge in [0.2, 0.25) is 0 Å². The van der Waals surface area contributed by atoms with E-state index in [1.165, 1.54) is 5.56 Å². The average molecular weight is 313 g/mol. The quantitative estimate of drug-likeness (QED) is 0.842. The molecular weight excluding hydrogens is 292 g/mol. The Kier molecular flexibility index (Phi) is 3.27. The smallest absolute Gasteiger partial charge is 0.129 e. The van der Waals surface area contributed by atoms with Crippen LogP contribution < -0.4 is 4.74 Å². The molecule has 1 aliphatic heterocycles. The van der Waals surface area contributed by atoms with Crippen molar-refractivity contribution in [3.05, 3.63) is 27.7 Å². The molecule has 18 heavy (non-hydrogen) atoms. The maximum atomic E-state index is 10.5. The van der Waals surface area contributed by atoms with Gasteiger partial charge >= 0.3 is 0 Å². The summed E-state index contributed by atoms with van der Waals surface area (Å²) >= 11 is 3.54. The van der Waals surface area contributed by atoms with Gasteiger partial charge in [-0.3, -0.25) is 0 Å². The minimum Gasteiger partial charge on any atom is -0.492 e. The molecule has 0 aromatic heterocycles. The van der Waals surface area contributed by atoms with Gasteiger partial charge in [0.1, 0.15) is 5.75 Å². The fraction of sp³-hybridized carbons (Fsp3) is 0.600. The first kappa shape index (κ1) is 13.9. The van der Waals surface area contributed by atoms with Crippen LogP contribution in [0.25, 0.3) is 0 Å². The van der Waals surface area contributed by atoms with E-state index in [2.05, 4.69) is 35.8 Å². The van der Waals surface area contributed by atoms with Gasteiger partial charge in [-0.2, -0.15) is 0 Å². The molecule has 1 N–H and O–H groups in total. The number of fused-ring (bicyclic) bond motifs is 1. The summed E-state index contributed by atoms with van der Waals surface area (Å²) in [7, 11) is 0. The molecule has 0 saturated carbocycles. The van der Waals surface area contributed by atoms with Crippen molar-refractivity contribution in [1.29, 1.82) is 0 Å². The highest BCUT2D eigenvalue weighted by atomic mass is 79.9. The summed E-state index contributed by atoms with van der Waals surface area (Å²) in [6.45, 7) is 11.1. The summed E-state index contributed by atoms with van der Waals surface area (Å²) < 4.78 is 6.83. The first-order valence-corrected chi connectivity index (χ1v) is 7.07. The molecule has 2 nitrogen and oxygen atoms in total. The van der Waals surface area contributed by atoms with Crippen LogP contribution in [0.4, 0.5) is 0 Å². The van der Waals surface area contributed by atoms with Crippen molar-refractivity contribution in [2.45, 2.75) is 46.1 Å². The fourth-order valence-electron chi connectivity index (χ4n) is 2.28. The van der Waals surface area contributed by atoms with Gasteiger partial charge in [-0.25, -0.2) is 0 Å². The monoisotopic (exact) mass is 312 g/mol. The first-order chi connectivity index (χ1) is 8.13. The summed E-state index contributed by atoms with van der Waals surface area (Å²) in [6, 6.07) is 4.07. The van der Waals surface area contributed by atoms with E-state index in [0.717, 1.165) is 15.8 Å². The van der Waals surface area contributed by atoms with E-state index in [0.29, 0.717) is 6.61 Å². The van der Waals surface area contributed by atoms with E-state index < -0.39 is 6.10 Å². The lowest BCUT2D eigenvalue weighted by Gasteiger charge is -2.27. The third-order valence-electron chi connectivity index (χ3n) is 3.50. The molecule has 0 spiro atoms. The van der Waals surface area contributed by atoms with E-state index in [9.17, 15) is 5.11 Å². The molecular formula is C15H21BrO2. The van der Waals surface area contributed by atoms with Crippen LogP contribution in [-0.4, -0.2) is 11.7 Å². The average Bonchev–Trinajstić information content (AvgIpc) is 2.52. The summed E-state index contributed by atoms with van der Waals surface area (Å²) in [5, 5.41) is 10.5. The van der Waals surface area contributed by atoms with Crippen LogP contribution in [0.1, 0.15) is 51.8 Å². The van der Waals surface area contributed by atoms with Gasteiger partial charge in [-0.15, -0.1) is 0 Å². The summed E-state index contributed by atoms with van der Waals surface area (Å²) in [5.41, 5.74) is 1.86. The minimum absolute atomic E-state index is 0.00542. The third kappa shape index (κ3) is 2.30. The molecule has 1 aromatic carbocycles. The van der Waals surface area contributed by atoms with Crippen molar-refractivity contribution in [3.8, 4) is 5.75 Å². The number of aliphatic hydroxyl groups is 1. The molecule has 0 aliphatic carbocycles. The van der Waals surface area contributed by atoms with E-state index in [1.54, 1.807) is 0 Å². The van der Waals surface area contributed by atoms with Crippen molar-refractivity contribution >= 4 is 15.9 Å². The van der Waals surface area contributed by atoms with Gasteiger partial charge < -0.3 is 9.84 Å². The zero-order chi connectivity index (χ0) is 13.7. The number of hydrogen-bond acceptors (Lipinski definition) is 2. The summed E-state index contributed by atoms with van der Waals surface area (Å²) in [4.78, 5) is 0. The van der Waals surface area contributed by atoms with Gasteiger partial charge in [0.05, 0.1) is 12.7 Å². The SMILES string of the molecule is CC1(C)COc2c(C(O)C(C)(C)C)cc(Br)cc21. The van der Waals surface area contributed by atoms with Crippen molar-refractivity contribution in [3.63, 3.8) is 0 Å². The number of rotatable bonds is 1. The zero-order valence-electron chi connectivity index (χ0n) is 11.7. The number of benzene rings is 1. The molecule has 2 rings (SSSR count). The highest BCUT2D eigenvalue weighted by molar-refractivity contribution is 9.10. The third-order valence-corrected chi connectivity index (χ3v) is 3.96. The molecule has 0 fully saturated rings. The highest BCUT2D eigenvalue weighted by Crippen LogP contribution is 2.47. The number of hydrogen-bond donors (Lipinski definition) is 1. The Labute approximate surface area is 117 Å². The van der Waals surface area contributed by atoms with Gasteiger partial charge in [0.15, 0.2) is 0 Å². The molecule has 0 saturated heterocycles. The zero-order valence-corrected chi connectivity index (χ0v) is 13.3. The van der Waals surface area contributed by atoms with Gasteiger partial charge in [-0.05, 0) is 17.5 Å². The topological polar surface area (TPSA) is 29.5 Å². The highest BCUT2D eigenvalue weighted by Gasteiger charge is 2.37. The Hall–Kier alpha value is -0.540. The second-order valence-corrected chi connectivity index (χ2v) is 7.73. The number of aliphatic hydroxyl groups excluding tert-OH is 1. The van der Waals surface area contributed by atoms with Gasteiger partial charge in [0.25, 0.3) is 0 Å². The van der Waals surface area contributed by atoms with Gasteiger partial charge in [-0.1, -0.05) is 50.5 Å². The Balaban J connectivity index is 2.58. The van der Waals surface area contributed by atoms with E-state index in [-0.39, 0.29) is 10.8 Å². The molecule has 0 radical (unpaired) electrons. The fourth-order valence-corrected chi connectivity index (χ4v) is 2.75. The Morgan fingerprint density at radius 2 is 1.94 bits per heavy atom. The van der Waals surface area contributed by atoms with Crippen LogP contribution in [0, 0.1) is 5.41 Å². The normalized spacial score (nSPS) is 19.3. The molecule has 0 amide bonds. The molecule has 1 unspecified atom stereocenters. The van der Waals surface area contributed by atoms with Crippen LogP contribution in [0.3, 0.4) is 0 Å². The standard InChI is InChI=1S/C15H21BrO2/c1-14(2,3)13(17)10-6-9(16)7-11-12(10)18-8-15(11,4)5/h6-7,13,17H,8H2,1-5H3. The molecule has 3 heteroatoms. The van der Waals surface area contributed by atoms with E-state index in [4.69, 9.17) is 4.74 Å². The van der Waals surface area contributed by atoms with Crippen LogP contribution in [0.2, 0.25) is 0 Å². The maximum Gasteiger partial charge on any atom is 0.129 e. The lowest BCUT2D eigenvalue weighted by Crippen LogP contribution is -2.19.